The van der Waals surface area contributed by atoms with Gasteiger partial charge in [-0.25, -0.2) is 0 Å². The molecule has 0 bridgehead atoms. The number of carbonyl (C=O) groups excluding carboxylic acids is 3. The molecule has 0 radical (unpaired) electrons. The van der Waals surface area contributed by atoms with Crippen LogP contribution in [0, 0.1) is 0 Å². The monoisotopic (exact) mass is 361 g/mol. The average Bonchev–Trinajstić information content (AvgIpc) is 2.61. The topological polar surface area (TPSA) is 83.0 Å². The maximum Gasteiger partial charge on any atom is 0.278 e. The van der Waals surface area contributed by atoms with Crippen molar-refractivity contribution in [1.82, 2.24) is 4.90 Å². The van der Waals surface area contributed by atoms with Crippen LogP contribution in [0.1, 0.15) is 33.1 Å². The standard InChI is InChI=1S/C19H28N4O3/c1-3-23(19(26)14-22-11-5-4-6-12-22)13-18(25)21-17-9-7-16(8-10-17)20-15(2)24/h7-10H,3-6,11-14H2,1-2H3,(H,20,24)(H,21,25)/p+1. The Morgan fingerprint density at radius 1 is 1.00 bits per heavy atom. The molecule has 1 aliphatic rings. The maximum absolute atomic E-state index is 12.5. The molecule has 2 rings (SSSR count). The molecule has 26 heavy (non-hydrogen) atoms. The summed E-state index contributed by atoms with van der Waals surface area (Å²) in [7, 11) is 0. The number of carbonyl (C=O) groups is 3. The predicted molar refractivity (Wildman–Crippen MR) is 101 cm³/mol. The van der Waals surface area contributed by atoms with Crippen molar-refractivity contribution >= 4 is 29.1 Å². The number of nitrogens with one attached hydrogen (secondary N) is 3. The summed E-state index contributed by atoms with van der Waals surface area (Å²) in [5.74, 6) is -0.337. The number of likely N-dealkylation sites (N-methyl/N-ethyl adjacent to an activating group) is 1. The van der Waals surface area contributed by atoms with Crippen molar-refractivity contribution in [2.75, 3.05) is 43.4 Å². The van der Waals surface area contributed by atoms with Gasteiger partial charge in [0.15, 0.2) is 6.54 Å². The van der Waals surface area contributed by atoms with E-state index in [9.17, 15) is 14.4 Å². The number of benzene rings is 1. The van der Waals surface area contributed by atoms with Gasteiger partial charge in [0, 0.05) is 24.8 Å². The minimum absolute atomic E-state index is 0.0283. The van der Waals surface area contributed by atoms with Gasteiger partial charge in [-0.05, 0) is 50.5 Å². The van der Waals surface area contributed by atoms with Crippen LogP contribution in [0.25, 0.3) is 0 Å². The molecule has 3 N–H and O–H groups in total. The number of quaternary nitrogens is 1. The summed E-state index contributed by atoms with van der Waals surface area (Å²) in [6.07, 6.45) is 3.59. The number of likely N-dealkylation sites (tertiary alicyclic amines) is 1. The van der Waals surface area contributed by atoms with Crippen molar-refractivity contribution < 1.29 is 19.3 Å². The van der Waals surface area contributed by atoms with Gasteiger partial charge in [-0.2, -0.15) is 0 Å². The zero-order chi connectivity index (χ0) is 18.9. The van der Waals surface area contributed by atoms with E-state index in [0.717, 1.165) is 13.1 Å². The summed E-state index contributed by atoms with van der Waals surface area (Å²) in [6.45, 7) is 6.44. The molecule has 3 amide bonds. The lowest BCUT2D eigenvalue weighted by molar-refractivity contribution is -0.897. The molecular weight excluding hydrogens is 332 g/mol. The van der Waals surface area contributed by atoms with Gasteiger partial charge in [0.1, 0.15) is 6.54 Å². The zero-order valence-corrected chi connectivity index (χ0v) is 15.6. The lowest BCUT2D eigenvalue weighted by atomic mass is 10.1. The van der Waals surface area contributed by atoms with Crippen molar-refractivity contribution in [3.8, 4) is 0 Å². The van der Waals surface area contributed by atoms with Crippen LogP contribution < -0.4 is 15.5 Å². The average molecular weight is 361 g/mol. The first-order valence-corrected chi connectivity index (χ1v) is 9.26. The van der Waals surface area contributed by atoms with Gasteiger partial charge >= 0.3 is 0 Å². The fourth-order valence-corrected chi connectivity index (χ4v) is 3.14. The highest BCUT2D eigenvalue weighted by molar-refractivity contribution is 5.95. The predicted octanol–water partition coefficient (Wildman–Crippen LogP) is 0.501. The Kier molecular flexibility index (Phi) is 7.59. The van der Waals surface area contributed by atoms with E-state index >= 15 is 0 Å². The van der Waals surface area contributed by atoms with E-state index in [0.29, 0.717) is 24.5 Å². The van der Waals surface area contributed by atoms with Crippen molar-refractivity contribution in [3.63, 3.8) is 0 Å². The molecule has 0 saturated carbocycles. The maximum atomic E-state index is 12.5. The number of piperidine rings is 1. The Bertz CT molecular complexity index is 624. The number of nitrogens with zero attached hydrogens (tertiary/aromatic N) is 1. The largest absolute Gasteiger partial charge is 0.329 e. The molecule has 1 saturated heterocycles. The van der Waals surface area contributed by atoms with Crippen LogP contribution in [0.5, 0.6) is 0 Å². The van der Waals surface area contributed by atoms with Crippen LogP contribution in [0.3, 0.4) is 0 Å². The van der Waals surface area contributed by atoms with Gasteiger partial charge in [-0.1, -0.05) is 0 Å². The summed E-state index contributed by atoms with van der Waals surface area (Å²) in [6, 6.07) is 6.89. The number of amides is 3. The number of hydrogen-bond acceptors (Lipinski definition) is 3. The molecule has 0 spiro atoms. The Hall–Kier alpha value is -2.41. The first kappa shape index (κ1) is 19.9. The Morgan fingerprint density at radius 3 is 2.12 bits per heavy atom. The molecule has 1 fully saturated rings. The number of anilines is 2. The van der Waals surface area contributed by atoms with E-state index < -0.39 is 0 Å². The number of rotatable bonds is 7. The smallest absolute Gasteiger partial charge is 0.278 e. The minimum Gasteiger partial charge on any atom is -0.329 e. The van der Waals surface area contributed by atoms with Crippen LogP contribution in [0.4, 0.5) is 11.4 Å². The Labute approximate surface area is 154 Å². The summed E-state index contributed by atoms with van der Waals surface area (Å²) in [5, 5.41) is 5.47. The number of hydrogen-bond donors (Lipinski definition) is 3. The highest BCUT2D eigenvalue weighted by Gasteiger charge is 2.22. The molecule has 7 nitrogen and oxygen atoms in total. The molecule has 0 unspecified atom stereocenters. The van der Waals surface area contributed by atoms with E-state index in [4.69, 9.17) is 0 Å². The van der Waals surface area contributed by atoms with Crippen molar-refractivity contribution in [1.29, 1.82) is 0 Å². The zero-order valence-electron chi connectivity index (χ0n) is 15.6. The minimum atomic E-state index is -0.221. The second kappa shape index (κ2) is 9.91. The SMILES string of the molecule is CCN(CC(=O)Nc1ccc(NC(C)=O)cc1)C(=O)C[NH+]1CCCCC1. The van der Waals surface area contributed by atoms with Crippen molar-refractivity contribution in [2.45, 2.75) is 33.1 Å². The van der Waals surface area contributed by atoms with Crippen LogP contribution >= 0.6 is 0 Å². The summed E-state index contributed by atoms with van der Waals surface area (Å²) in [4.78, 5) is 38.7. The second-order valence-electron chi connectivity index (χ2n) is 6.70. The molecular formula is C19H29N4O3+. The van der Waals surface area contributed by atoms with E-state index in [-0.39, 0.29) is 24.3 Å². The van der Waals surface area contributed by atoms with Gasteiger partial charge in [-0.15, -0.1) is 0 Å². The highest BCUT2D eigenvalue weighted by atomic mass is 16.2. The molecule has 1 heterocycles. The Morgan fingerprint density at radius 2 is 1.58 bits per heavy atom. The molecule has 7 heteroatoms. The first-order chi connectivity index (χ1) is 12.5. The normalized spacial score (nSPS) is 14.5. The third-order valence-electron chi connectivity index (χ3n) is 4.52. The van der Waals surface area contributed by atoms with Crippen molar-refractivity contribution in [2.24, 2.45) is 0 Å². The summed E-state index contributed by atoms with van der Waals surface area (Å²) >= 11 is 0. The van der Waals surface area contributed by atoms with Crippen LogP contribution in [0.15, 0.2) is 24.3 Å². The molecule has 0 aromatic heterocycles. The summed E-state index contributed by atoms with van der Waals surface area (Å²) < 4.78 is 0. The van der Waals surface area contributed by atoms with Crippen molar-refractivity contribution in [3.05, 3.63) is 24.3 Å². The van der Waals surface area contributed by atoms with Crippen LogP contribution in [-0.4, -0.2) is 55.3 Å². The third kappa shape index (κ3) is 6.48. The molecule has 0 atom stereocenters. The van der Waals surface area contributed by atoms with E-state index in [2.05, 4.69) is 10.6 Å². The van der Waals surface area contributed by atoms with Gasteiger partial charge in [0.05, 0.1) is 13.1 Å². The highest BCUT2D eigenvalue weighted by Crippen LogP contribution is 2.13. The van der Waals surface area contributed by atoms with E-state index in [1.807, 2.05) is 6.92 Å². The molecule has 1 aromatic rings. The van der Waals surface area contributed by atoms with E-state index in [1.54, 1.807) is 29.2 Å². The molecule has 142 valence electrons. The quantitative estimate of drug-likeness (QED) is 0.661. The van der Waals surface area contributed by atoms with Gasteiger partial charge < -0.3 is 20.4 Å². The van der Waals surface area contributed by atoms with Crippen LogP contribution in [-0.2, 0) is 14.4 Å². The molecule has 1 aromatic carbocycles. The van der Waals surface area contributed by atoms with Gasteiger partial charge in [0.25, 0.3) is 5.91 Å². The fraction of sp³-hybridized carbons (Fsp3) is 0.526. The summed E-state index contributed by atoms with van der Waals surface area (Å²) in [5.41, 5.74) is 1.31. The van der Waals surface area contributed by atoms with E-state index in [1.165, 1.54) is 31.1 Å². The van der Waals surface area contributed by atoms with Crippen LogP contribution in [0.2, 0.25) is 0 Å². The van der Waals surface area contributed by atoms with Gasteiger partial charge in [-0.3, -0.25) is 14.4 Å². The lowest BCUT2D eigenvalue weighted by Gasteiger charge is -2.26. The molecule has 1 aliphatic heterocycles. The second-order valence-corrected chi connectivity index (χ2v) is 6.70. The molecule has 0 aliphatic carbocycles. The fourth-order valence-electron chi connectivity index (χ4n) is 3.14. The first-order valence-electron chi connectivity index (χ1n) is 9.26. The van der Waals surface area contributed by atoms with Gasteiger partial charge in [0.2, 0.25) is 11.8 Å². The Balaban J connectivity index is 1.83. The lowest BCUT2D eigenvalue weighted by Crippen LogP contribution is -3.13. The third-order valence-corrected chi connectivity index (χ3v) is 4.52.